The largest absolute Gasteiger partial charge is 0.506 e. The molecule has 0 saturated carbocycles. The van der Waals surface area contributed by atoms with Gasteiger partial charge in [0.05, 0.1) is 26.1 Å². The van der Waals surface area contributed by atoms with Crippen LogP contribution in [0.5, 0.6) is 11.5 Å². The molecule has 9 nitrogen and oxygen atoms in total. The quantitative estimate of drug-likeness (QED) is 0.108. The van der Waals surface area contributed by atoms with Gasteiger partial charge in [0.15, 0.2) is 0 Å². The Bertz CT molecular complexity index is 2150. The van der Waals surface area contributed by atoms with E-state index in [0.29, 0.717) is 46.3 Å². The number of hydrogen-bond donors (Lipinski definition) is 3. The summed E-state index contributed by atoms with van der Waals surface area (Å²) < 4.78 is 36.1. The zero-order chi connectivity index (χ0) is 35.9. The zero-order valence-electron chi connectivity index (χ0n) is 27.4. The van der Waals surface area contributed by atoms with Crippen molar-refractivity contribution in [3.05, 3.63) is 107 Å². The molecule has 0 aromatic heterocycles. The predicted octanol–water partition coefficient (Wildman–Crippen LogP) is 8.91. The molecular formula is C38H34Br3N3O6S. The maximum absolute atomic E-state index is 13.6. The summed E-state index contributed by atoms with van der Waals surface area (Å²) in [7, 11) is -4.10. The SMILES string of the molecule is O=C(Nc1c2c(cc3c1CCC3)CCC2)NS(=O)(=O)c1ccc(OCCCCN2C(=O)/C(=C/c3cc(Br)c(O)c(Br)c3)c3cc(Br)ccc32)cc1. The van der Waals surface area contributed by atoms with Crippen molar-refractivity contribution in [2.24, 2.45) is 0 Å². The Kier molecular flexibility index (Phi) is 10.3. The van der Waals surface area contributed by atoms with Gasteiger partial charge in [0.1, 0.15) is 11.5 Å². The van der Waals surface area contributed by atoms with E-state index in [2.05, 4.69) is 63.9 Å². The van der Waals surface area contributed by atoms with E-state index in [0.717, 1.165) is 76.6 Å². The molecule has 0 atom stereocenters. The monoisotopic (exact) mass is 897 g/mol. The molecule has 0 saturated heterocycles. The highest BCUT2D eigenvalue weighted by atomic mass is 79.9. The van der Waals surface area contributed by atoms with Crippen molar-refractivity contribution in [1.29, 1.82) is 0 Å². The van der Waals surface area contributed by atoms with Gasteiger partial charge >= 0.3 is 6.03 Å². The number of nitrogens with one attached hydrogen (secondary N) is 2. The molecule has 3 N–H and O–H groups in total. The first-order chi connectivity index (χ1) is 24.5. The number of rotatable bonds is 10. The highest BCUT2D eigenvalue weighted by Crippen LogP contribution is 2.42. The Labute approximate surface area is 321 Å². The first kappa shape index (κ1) is 35.7. The number of fused-ring (bicyclic) bond motifs is 3. The average Bonchev–Trinajstić information content (AvgIpc) is 3.82. The Morgan fingerprint density at radius 3 is 2.22 bits per heavy atom. The van der Waals surface area contributed by atoms with Crippen LogP contribution in [0.25, 0.3) is 11.6 Å². The number of hydrogen-bond acceptors (Lipinski definition) is 6. The summed E-state index contributed by atoms with van der Waals surface area (Å²) in [4.78, 5) is 28.3. The molecule has 3 aliphatic rings. The van der Waals surface area contributed by atoms with Crippen LogP contribution in [0.2, 0.25) is 0 Å². The standard InChI is InChI=1S/C38H34Br3N3O6S/c39-25-9-14-34-30(21-25)31(17-22-18-32(40)36(45)33(41)19-22)37(46)44(34)15-1-2-16-50-26-10-12-27(13-11-26)51(48,49)43-38(47)42-35-28-7-3-5-23(28)20-24-6-4-8-29(24)35/h9-14,17-21,45H,1-8,15-16H2,(H2,42,43,47)/b31-17+. The van der Waals surface area contributed by atoms with Crippen LogP contribution in [0.1, 0.15) is 59.1 Å². The van der Waals surface area contributed by atoms with E-state index in [1.807, 2.05) is 24.3 Å². The lowest BCUT2D eigenvalue weighted by Crippen LogP contribution is -2.35. The van der Waals surface area contributed by atoms with E-state index >= 15 is 0 Å². The van der Waals surface area contributed by atoms with Gasteiger partial charge in [-0.3, -0.25) is 4.79 Å². The molecule has 1 heterocycles. The summed E-state index contributed by atoms with van der Waals surface area (Å²) in [5, 5.41) is 13.0. The number of benzene rings is 4. The number of urea groups is 1. The maximum Gasteiger partial charge on any atom is 0.333 e. The highest BCUT2D eigenvalue weighted by molar-refractivity contribution is 9.11. The molecular weight excluding hydrogens is 866 g/mol. The number of halogens is 3. The second-order valence-corrected chi connectivity index (χ2v) is 17.1. The van der Waals surface area contributed by atoms with Gasteiger partial charge in [0.25, 0.3) is 15.9 Å². The second kappa shape index (κ2) is 14.8. The molecule has 51 heavy (non-hydrogen) atoms. The fourth-order valence-electron chi connectivity index (χ4n) is 7.09. The molecule has 0 radical (unpaired) electrons. The number of carbonyl (C=O) groups excluding carboxylic acids is 2. The minimum atomic E-state index is -4.10. The molecule has 0 unspecified atom stereocenters. The van der Waals surface area contributed by atoms with Gasteiger partial charge in [-0.15, -0.1) is 0 Å². The third-order valence-corrected chi connectivity index (χ3v) is 12.5. The summed E-state index contributed by atoms with van der Waals surface area (Å²) in [5.41, 5.74) is 8.50. The first-order valence-corrected chi connectivity index (χ1v) is 20.6. The Morgan fingerprint density at radius 1 is 0.882 bits per heavy atom. The number of anilines is 2. The van der Waals surface area contributed by atoms with Crippen LogP contribution in [0.4, 0.5) is 16.2 Å². The third-order valence-electron chi connectivity index (χ3n) is 9.48. The molecule has 2 aliphatic carbocycles. The van der Waals surface area contributed by atoms with Gasteiger partial charge in [0.2, 0.25) is 0 Å². The lowest BCUT2D eigenvalue weighted by Gasteiger charge is -2.17. The summed E-state index contributed by atoms with van der Waals surface area (Å²) in [6.07, 6.45) is 8.93. The topological polar surface area (TPSA) is 125 Å². The summed E-state index contributed by atoms with van der Waals surface area (Å²) in [5.74, 6) is 0.477. The molecule has 13 heteroatoms. The molecule has 4 aromatic carbocycles. The van der Waals surface area contributed by atoms with E-state index in [1.54, 1.807) is 29.2 Å². The Hall–Kier alpha value is -3.65. The minimum absolute atomic E-state index is 0.0396. The van der Waals surface area contributed by atoms with Gasteiger partial charge in [-0.05, 0) is 172 Å². The van der Waals surface area contributed by atoms with Gasteiger partial charge in [-0.25, -0.2) is 17.9 Å². The normalized spacial score (nSPS) is 15.5. The molecule has 264 valence electrons. The lowest BCUT2D eigenvalue weighted by molar-refractivity contribution is -0.113. The highest BCUT2D eigenvalue weighted by Gasteiger charge is 2.32. The first-order valence-electron chi connectivity index (χ1n) is 16.7. The Balaban J connectivity index is 0.931. The number of phenolic OH excluding ortho intramolecular Hbond substituents is 1. The van der Waals surface area contributed by atoms with Crippen molar-refractivity contribution in [3.8, 4) is 11.5 Å². The van der Waals surface area contributed by atoms with Crippen LogP contribution in [0, 0.1) is 0 Å². The minimum Gasteiger partial charge on any atom is -0.506 e. The summed E-state index contributed by atoms with van der Waals surface area (Å²) in [6.45, 7) is 0.850. The van der Waals surface area contributed by atoms with Crippen molar-refractivity contribution in [2.45, 2.75) is 56.3 Å². The van der Waals surface area contributed by atoms with Crippen molar-refractivity contribution < 1.29 is 27.9 Å². The molecule has 3 amide bonds. The number of sulfonamides is 1. The van der Waals surface area contributed by atoms with E-state index in [1.165, 1.54) is 23.3 Å². The van der Waals surface area contributed by atoms with Crippen molar-refractivity contribution >= 4 is 92.8 Å². The lowest BCUT2D eigenvalue weighted by atomic mass is 9.99. The zero-order valence-corrected chi connectivity index (χ0v) is 33.0. The molecule has 0 fully saturated rings. The number of carbonyl (C=O) groups is 2. The molecule has 0 bridgehead atoms. The van der Waals surface area contributed by atoms with Gasteiger partial charge in [-0.2, -0.15) is 0 Å². The maximum atomic E-state index is 13.6. The van der Waals surface area contributed by atoms with Crippen LogP contribution in [-0.2, 0) is 40.5 Å². The number of amides is 3. The van der Waals surface area contributed by atoms with Gasteiger partial charge in [0, 0.05) is 27.8 Å². The summed E-state index contributed by atoms with van der Waals surface area (Å²) >= 11 is 10.2. The third kappa shape index (κ3) is 7.49. The van der Waals surface area contributed by atoms with Crippen LogP contribution in [0.15, 0.2) is 79.0 Å². The van der Waals surface area contributed by atoms with Crippen molar-refractivity contribution in [3.63, 3.8) is 0 Å². The Morgan fingerprint density at radius 2 is 1.55 bits per heavy atom. The fraction of sp³-hybridized carbons (Fsp3) is 0.263. The van der Waals surface area contributed by atoms with Gasteiger partial charge < -0.3 is 20.1 Å². The fourth-order valence-corrected chi connectivity index (χ4v) is 9.58. The van der Waals surface area contributed by atoms with E-state index < -0.39 is 16.1 Å². The smallest absolute Gasteiger partial charge is 0.333 e. The summed E-state index contributed by atoms with van der Waals surface area (Å²) in [6, 6.07) is 16.7. The molecule has 0 spiro atoms. The number of ether oxygens (including phenoxy) is 1. The molecule has 4 aromatic rings. The van der Waals surface area contributed by atoms with E-state index in [-0.39, 0.29) is 16.6 Å². The average molecular weight is 900 g/mol. The van der Waals surface area contributed by atoms with E-state index in [4.69, 9.17) is 4.74 Å². The number of phenols is 1. The number of nitrogens with zero attached hydrogens (tertiary/aromatic N) is 1. The molecule has 1 aliphatic heterocycles. The van der Waals surface area contributed by atoms with Gasteiger partial charge in [-0.1, -0.05) is 22.0 Å². The number of aryl methyl sites for hydroxylation is 2. The molecule has 7 rings (SSSR count). The number of aromatic hydroxyl groups is 1. The van der Waals surface area contributed by atoms with Crippen LogP contribution in [-0.4, -0.2) is 38.6 Å². The van der Waals surface area contributed by atoms with Crippen molar-refractivity contribution in [1.82, 2.24) is 4.72 Å². The van der Waals surface area contributed by atoms with Crippen LogP contribution < -0.4 is 19.7 Å². The predicted molar refractivity (Wildman–Crippen MR) is 209 cm³/mol. The second-order valence-electron chi connectivity index (χ2n) is 12.8. The number of unbranched alkanes of at least 4 members (excludes halogenated alkanes) is 1. The van der Waals surface area contributed by atoms with E-state index in [9.17, 15) is 23.1 Å². The van der Waals surface area contributed by atoms with Crippen molar-refractivity contribution in [2.75, 3.05) is 23.4 Å². The van der Waals surface area contributed by atoms with Crippen LogP contribution in [0.3, 0.4) is 0 Å². The van der Waals surface area contributed by atoms with Crippen LogP contribution >= 0.6 is 47.8 Å².